The van der Waals surface area contributed by atoms with Gasteiger partial charge in [-0.3, -0.25) is 14.2 Å². The van der Waals surface area contributed by atoms with Crippen LogP contribution in [0.5, 0.6) is 0 Å². The Hall–Kier alpha value is -2.21. The Balaban J connectivity index is 1.53. The van der Waals surface area contributed by atoms with Crippen LogP contribution < -0.4 is 10.9 Å². The molecule has 128 valence electrons. The molecule has 0 bridgehead atoms. The van der Waals surface area contributed by atoms with Crippen LogP contribution in [-0.2, 0) is 16.1 Å². The van der Waals surface area contributed by atoms with Crippen LogP contribution in [0.15, 0.2) is 29.3 Å². The lowest BCUT2D eigenvalue weighted by atomic mass is 10.1. The van der Waals surface area contributed by atoms with Crippen molar-refractivity contribution < 1.29 is 9.53 Å². The van der Waals surface area contributed by atoms with Gasteiger partial charge in [-0.05, 0) is 31.4 Å². The molecule has 1 aliphatic rings. The van der Waals surface area contributed by atoms with Crippen LogP contribution >= 0.6 is 0 Å². The summed E-state index contributed by atoms with van der Waals surface area (Å²) >= 11 is 0. The summed E-state index contributed by atoms with van der Waals surface area (Å²) in [6.45, 7) is 4.64. The monoisotopic (exact) mass is 329 g/mol. The molecule has 0 spiro atoms. The van der Waals surface area contributed by atoms with Crippen molar-refractivity contribution in [2.24, 2.45) is 5.92 Å². The predicted molar refractivity (Wildman–Crippen MR) is 91.9 cm³/mol. The molecule has 3 rings (SSSR count). The van der Waals surface area contributed by atoms with Crippen molar-refractivity contribution in [3.05, 3.63) is 40.4 Å². The minimum absolute atomic E-state index is 0.0274. The second kappa shape index (κ2) is 7.57. The van der Waals surface area contributed by atoms with Crippen molar-refractivity contribution in [2.75, 3.05) is 19.8 Å². The van der Waals surface area contributed by atoms with Gasteiger partial charge in [0.25, 0.3) is 5.56 Å². The summed E-state index contributed by atoms with van der Waals surface area (Å²) in [6.07, 6.45) is 3.61. The highest BCUT2D eigenvalue weighted by Crippen LogP contribution is 2.12. The van der Waals surface area contributed by atoms with Crippen molar-refractivity contribution in [1.82, 2.24) is 14.9 Å². The van der Waals surface area contributed by atoms with Crippen LogP contribution in [-0.4, -0.2) is 35.2 Å². The zero-order valence-corrected chi connectivity index (χ0v) is 14.0. The lowest BCUT2D eigenvalue weighted by molar-refractivity contribution is -0.121. The Bertz CT molecular complexity index is 779. The average Bonchev–Trinajstić information content (AvgIpc) is 3.09. The van der Waals surface area contributed by atoms with E-state index in [1.165, 1.54) is 0 Å². The van der Waals surface area contributed by atoms with E-state index in [0.29, 0.717) is 37.2 Å². The smallest absolute Gasteiger partial charge is 0.261 e. The highest BCUT2D eigenvalue weighted by Gasteiger charge is 2.16. The maximum absolute atomic E-state index is 12.5. The van der Waals surface area contributed by atoms with Gasteiger partial charge < -0.3 is 10.1 Å². The summed E-state index contributed by atoms with van der Waals surface area (Å²) in [4.78, 5) is 28.7. The lowest BCUT2D eigenvalue weighted by Crippen LogP contribution is -2.29. The predicted octanol–water partition coefficient (Wildman–Crippen LogP) is 1.64. The Morgan fingerprint density at radius 1 is 1.46 bits per heavy atom. The van der Waals surface area contributed by atoms with Crippen molar-refractivity contribution in [2.45, 2.75) is 32.7 Å². The Morgan fingerprint density at radius 3 is 3.12 bits per heavy atom. The Morgan fingerprint density at radius 2 is 2.33 bits per heavy atom. The normalized spacial score (nSPS) is 17.3. The van der Waals surface area contributed by atoms with Gasteiger partial charge in [0.2, 0.25) is 5.91 Å². The van der Waals surface area contributed by atoms with Crippen molar-refractivity contribution in [3.8, 4) is 0 Å². The summed E-state index contributed by atoms with van der Waals surface area (Å²) in [6, 6.07) is 5.61. The summed E-state index contributed by atoms with van der Waals surface area (Å²) in [7, 11) is 0. The van der Waals surface area contributed by atoms with E-state index < -0.39 is 0 Å². The number of amides is 1. The van der Waals surface area contributed by atoms with Crippen molar-refractivity contribution >= 4 is 16.8 Å². The highest BCUT2D eigenvalue weighted by molar-refractivity contribution is 5.80. The number of fused-ring (bicyclic) bond motifs is 1. The molecule has 1 aliphatic heterocycles. The van der Waals surface area contributed by atoms with Gasteiger partial charge in [-0.2, -0.15) is 0 Å². The zero-order valence-electron chi connectivity index (χ0n) is 14.0. The first-order chi connectivity index (χ1) is 11.6. The zero-order chi connectivity index (χ0) is 16.9. The van der Waals surface area contributed by atoms with E-state index >= 15 is 0 Å². The average molecular weight is 329 g/mol. The van der Waals surface area contributed by atoms with Gasteiger partial charge in [0.1, 0.15) is 0 Å². The molecule has 1 saturated heterocycles. The fraction of sp³-hybridized carbons (Fsp3) is 0.500. The minimum Gasteiger partial charge on any atom is -0.381 e. The summed E-state index contributed by atoms with van der Waals surface area (Å²) < 4.78 is 6.87. The molecule has 2 aromatic rings. The first-order valence-corrected chi connectivity index (χ1v) is 8.44. The molecular formula is C18H23N3O3. The van der Waals surface area contributed by atoms with Crippen LogP contribution in [0.1, 0.15) is 24.8 Å². The van der Waals surface area contributed by atoms with E-state index in [1.807, 2.05) is 19.1 Å². The van der Waals surface area contributed by atoms with Gasteiger partial charge in [0, 0.05) is 32.0 Å². The Labute approximate surface area is 140 Å². The van der Waals surface area contributed by atoms with E-state index in [-0.39, 0.29) is 11.5 Å². The second-order valence-corrected chi connectivity index (χ2v) is 6.35. The fourth-order valence-electron chi connectivity index (χ4n) is 3.00. The number of carbonyl (C=O) groups is 1. The molecule has 1 aromatic heterocycles. The SMILES string of the molecule is Cc1cccc2c(=O)n(CCCC(=O)NC[C@H]3CCOC3)cnc12. The number of aromatic nitrogens is 2. The molecule has 6 nitrogen and oxygen atoms in total. The fourth-order valence-corrected chi connectivity index (χ4v) is 3.00. The maximum Gasteiger partial charge on any atom is 0.261 e. The third-order valence-electron chi connectivity index (χ3n) is 4.47. The maximum atomic E-state index is 12.5. The molecule has 1 atom stereocenters. The number of ether oxygens (including phenoxy) is 1. The minimum atomic E-state index is -0.0489. The number of nitrogens with one attached hydrogen (secondary N) is 1. The van der Waals surface area contributed by atoms with Crippen molar-refractivity contribution in [3.63, 3.8) is 0 Å². The molecule has 0 radical (unpaired) electrons. The van der Waals surface area contributed by atoms with E-state index in [4.69, 9.17) is 4.74 Å². The number of para-hydroxylation sites is 1. The number of carbonyl (C=O) groups excluding carboxylic acids is 1. The number of benzene rings is 1. The third kappa shape index (κ3) is 3.82. The molecule has 1 fully saturated rings. The van der Waals surface area contributed by atoms with Gasteiger partial charge in [-0.1, -0.05) is 12.1 Å². The molecule has 0 saturated carbocycles. The molecule has 1 N–H and O–H groups in total. The Kier molecular flexibility index (Phi) is 5.25. The van der Waals surface area contributed by atoms with Crippen LogP contribution in [0.3, 0.4) is 0 Å². The first-order valence-electron chi connectivity index (χ1n) is 8.44. The molecule has 0 unspecified atom stereocenters. The number of nitrogens with zero attached hydrogens (tertiary/aromatic N) is 2. The summed E-state index contributed by atoms with van der Waals surface area (Å²) in [5.41, 5.74) is 1.69. The number of hydrogen-bond donors (Lipinski definition) is 1. The topological polar surface area (TPSA) is 73.2 Å². The molecule has 6 heteroatoms. The van der Waals surface area contributed by atoms with Gasteiger partial charge in [-0.15, -0.1) is 0 Å². The van der Waals surface area contributed by atoms with Crippen LogP contribution in [0.2, 0.25) is 0 Å². The van der Waals surface area contributed by atoms with E-state index in [0.717, 1.165) is 30.7 Å². The molecule has 1 amide bonds. The number of rotatable bonds is 6. The molecule has 1 aromatic carbocycles. The van der Waals surface area contributed by atoms with Crippen molar-refractivity contribution in [1.29, 1.82) is 0 Å². The third-order valence-corrected chi connectivity index (χ3v) is 4.47. The van der Waals surface area contributed by atoms with E-state index in [2.05, 4.69) is 10.3 Å². The second-order valence-electron chi connectivity index (χ2n) is 6.35. The standard InChI is InChI=1S/C18H23N3O3/c1-13-4-2-5-15-17(13)20-12-21(18(15)23)8-3-6-16(22)19-10-14-7-9-24-11-14/h2,4-5,12,14H,3,6-11H2,1H3,(H,19,22)/t14-/m1/s1. The van der Waals surface area contributed by atoms with Crippen LogP contribution in [0, 0.1) is 12.8 Å². The van der Waals surface area contributed by atoms with Crippen LogP contribution in [0.25, 0.3) is 10.9 Å². The molecule has 0 aliphatic carbocycles. The largest absolute Gasteiger partial charge is 0.381 e. The molecule has 2 heterocycles. The lowest BCUT2D eigenvalue weighted by Gasteiger charge is -2.10. The number of hydrogen-bond acceptors (Lipinski definition) is 4. The quantitative estimate of drug-likeness (QED) is 0.874. The molecular weight excluding hydrogens is 306 g/mol. The molecule has 24 heavy (non-hydrogen) atoms. The van der Waals surface area contributed by atoms with E-state index in [9.17, 15) is 9.59 Å². The summed E-state index contributed by atoms with van der Waals surface area (Å²) in [5, 5.41) is 3.57. The van der Waals surface area contributed by atoms with Gasteiger partial charge in [-0.25, -0.2) is 4.98 Å². The van der Waals surface area contributed by atoms with Crippen LogP contribution in [0.4, 0.5) is 0 Å². The first kappa shape index (κ1) is 16.6. The highest BCUT2D eigenvalue weighted by atomic mass is 16.5. The van der Waals surface area contributed by atoms with E-state index in [1.54, 1.807) is 17.0 Å². The number of aryl methyl sites for hydroxylation is 2. The van der Waals surface area contributed by atoms with Gasteiger partial charge >= 0.3 is 0 Å². The van der Waals surface area contributed by atoms with Gasteiger partial charge in [0.05, 0.1) is 23.8 Å². The van der Waals surface area contributed by atoms with Gasteiger partial charge in [0.15, 0.2) is 0 Å². The summed E-state index contributed by atoms with van der Waals surface area (Å²) in [5.74, 6) is 0.462.